The predicted molar refractivity (Wildman–Crippen MR) is 127 cm³/mol. The highest BCUT2D eigenvalue weighted by Gasteiger charge is 2.47. The lowest BCUT2D eigenvalue weighted by Gasteiger charge is -2.12. The van der Waals surface area contributed by atoms with Crippen molar-refractivity contribution in [3.05, 3.63) is 71.5 Å². The topological polar surface area (TPSA) is 98.7 Å². The Morgan fingerprint density at radius 1 is 1.06 bits per heavy atom. The zero-order valence-electron chi connectivity index (χ0n) is 18.5. The van der Waals surface area contributed by atoms with Crippen LogP contribution in [0.15, 0.2) is 54.9 Å². The largest absolute Gasteiger partial charge is 0.383 e. The van der Waals surface area contributed by atoms with Gasteiger partial charge in [-0.25, -0.2) is 14.6 Å². The number of nitrogens with one attached hydrogen (secondary N) is 1. The summed E-state index contributed by atoms with van der Waals surface area (Å²) in [6, 6.07) is 16.1. The van der Waals surface area contributed by atoms with Gasteiger partial charge in [-0.05, 0) is 55.2 Å². The Labute approximate surface area is 192 Å². The number of aryl methyl sites for hydroxylation is 1. The van der Waals surface area contributed by atoms with E-state index in [0.717, 1.165) is 45.3 Å². The number of amides is 1. The molecule has 0 radical (unpaired) electrons. The van der Waals surface area contributed by atoms with E-state index in [9.17, 15) is 4.79 Å². The van der Waals surface area contributed by atoms with Gasteiger partial charge in [-0.1, -0.05) is 42.5 Å². The summed E-state index contributed by atoms with van der Waals surface area (Å²) in [6.07, 6.45) is 5.23. The minimum Gasteiger partial charge on any atom is -0.383 e. The molecule has 33 heavy (non-hydrogen) atoms. The van der Waals surface area contributed by atoms with Gasteiger partial charge in [0.25, 0.3) is 5.91 Å². The Hall–Kier alpha value is -3.74. The van der Waals surface area contributed by atoms with E-state index < -0.39 is 0 Å². The molecule has 6 rings (SSSR count). The molecule has 2 atom stereocenters. The molecule has 2 aromatic carbocycles. The molecule has 7 nitrogen and oxygen atoms in total. The van der Waals surface area contributed by atoms with Crippen LogP contribution in [0.25, 0.3) is 22.3 Å². The summed E-state index contributed by atoms with van der Waals surface area (Å²) in [5, 5.41) is 8.80. The number of carbonyl (C=O) groups excluding carboxylic acids is 1. The Kier molecular flexibility index (Phi) is 4.64. The van der Waals surface area contributed by atoms with Gasteiger partial charge < -0.3 is 11.1 Å². The number of hydrogen-bond acceptors (Lipinski definition) is 5. The van der Waals surface area contributed by atoms with Crippen LogP contribution in [-0.2, 0) is 6.54 Å². The van der Waals surface area contributed by atoms with Crippen LogP contribution in [-0.4, -0.2) is 25.7 Å². The monoisotopic (exact) mass is 438 g/mol. The first-order valence-corrected chi connectivity index (χ1v) is 11.5. The molecule has 2 aromatic heterocycles. The van der Waals surface area contributed by atoms with Crippen molar-refractivity contribution in [1.82, 2.24) is 25.1 Å². The summed E-state index contributed by atoms with van der Waals surface area (Å²) in [4.78, 5) is 21.3. The molecule has 0 aliphatic heterocycles. The van der Waals surface area contributed by atoms with E-state index in [0.29, 0.717) is 24.0 Å². The van der Waals surface area contributed by atoms with Crippen LogP contribution >= 0.6 is 0 Å². The smallest absolute Gasteiger partial charge is 0.251 e. The van der Waals surface area contributed by atoms with Gasteiger partial charge in [0.2, 0.25) is 0 Å². The summed E-state index contributed by atoms with van der Waals surface area (Å²) in [7, 11) is 0. The number of nitrogen functional groups attached to an aromatic ring is 1. The average molecular weight is 439 g/mol. The molecule has 4 aromatic rings. The summed E-state index contributed by atoms with van der Waals surface area (Å²) >= 11 is 0. The summed E-state index contributed by atoms with van der Waals surface area (Å²) in [6.45, 7) is 2.40. The van der Waals surface area contributed by atoms with Gasteiger partial charge in [0, 0.05) is 17.7 Å². The molecule has 0 bridgehead atoms. The van der Waals surface area contributed by atoms with Crippen molar-refractivity contribution in [3.8, 4) is 11.3 Å². The van der Waals surface area contributed by atoms with E-state index in [1.54, 1.807) is 0 Å². The summed E-state index contributed by atoms with van der Waals surface area (Å²) < 4.78 is 2.07. The molecule has 2 aliphatic rings. The lowest BCUT2D eigenvalue weighted by molar-refractivity contribution is 0.0950. The zero-order valence-corrected chi connectivity index (χ0v) is 18.5. The number of fused-ring (bicyclic) bond motifs is 2. The van der Waals surface area contributed by atoms with E-state index >= 15 is 0 Å². The first-order chi connectivity index (χ1) is 16.1. The van der Waals surface area contributed by atoms with E-state index in [1.165, 1.54) is 25.6 Å². The van der Waals surface area contributed by atoms with Gasteiger partial charge in [-0.2, -0.15) is 5.10 Å². The average Bonchev–Trinajstić information content (AvgIpc) is 3.25. The third kappa shape index (κ3) is 3.53. The second kappa shape index (κ2) is 7.69. The molecule has 3 N–H and O–H groups in total. The maximum atomic E-state index is 12.5. The molecule has 7 heteroatoms. The fraction of sp³-hybridized carbons (Fsp3) is 0.308. The maximum Gasteiger partial charge on any atom is 0.251 e. The first kappa shape index (κ1) is 19.9. The molecule has 166 valence electrons. The lowest BCUT2D eigenvalue weighted by atomic mass is 10.1. The SMILES string of the molecule is Cc1ccccc1C(=O)NCc1ccc(-c2nn(C3CC4CC4C3)c3ncnc(N)c23)cc1. The van der Waals surface area contributed by atoms with Gasteiger partial charge in [0.1, 0.15) is 17.8 Å². The van der Waals surface area contributed by atoms with Crippen molar-refractivity contribution >= 4 is 22.8 Å². The number of aromatic nitrogens is 4. The van der Waals surface area contributed by atoms with Crippen LogP contribution in [0, 0.1) is 18.8 Å². The summed E-state index contributed by atoms with van der Waals surface area (Å²) in [5.74, 6) is 2.09. The minimum absolute atomic E-state index is 0.0681. The molecule has 1 amide bonds. The molecular formula is C26H26N6O. The van der Waals surface area contributed by atoms with Crippen LogP contribution in [0.4, 0.5) is 5.82 Å². The zero-order chi connectivity index (χ0) is 22.5. The highest BCUT2D eigenvalue weighted by molar-refractivity contribution is 5.98. The van der Waals surface area contributed by atoms with E-state index in [4.69, 9.17) is 10.8 Å². The van der Waals surface area contributed by atoms with Crippen molar-refractivity contribution in [2.24, 2.45) is 11.8 Å². The minimum atomic E-state index is -0.0681. The Bertz CT molecular complexity index is 1350. The van der Waals surface area contributed by atoms with Crippen molar-refractivity contribution < 1.29 is 4.79 Å². The number of benzene rings is 2. The molecule has 2 aliphatic carbocycles. The molecule has 0 saturated heterocycles. The summed E-state index contributed by atoms with van der Waals surface area (Å²) in [5.41, 5.74) is 11.6. The molecular weight excluding hydrogens is 412 g/mol. The van der Waals surface area contributed by atoms with Crippen LogP contribution in [0.5, 0.6) is 0 Å². The fourth-order valence-electron chi connectivity index (χ4n) is 5.22. The number of rotatable bonds is 5. The predicted octanol–water partition coefficient (Wildman–Crippen LogP) is 4.28. The van der Waals surface area contributed by atoms with Crippen molar-refractivity contribution in [3.63, 3.8) is 0 Å². The van der Waals surface area contributed by atoms with E-state index in [-0.39, 0.29) is 5.91 Å². The van der Waals surface area contributed by atoms with Crippen LogP contribution < -0.4 is 11.1 Å². The second-order valence-electron chi connectivity index (χ2n) is 9.33. The molecule has 0 spiro atoms. The van der Waals surface area contributed by atoms with E-state index in [1.807, 2.05) is 55.5 Å². The maximum absolute atomic E-state index is 12.5. The van der Waals surface area contributed by atoms with Gasteiger partial charge in [0.15, 0.2) is 5.65 Å². The Balaban J connectivity index is 1.25. The molecule has 2 unspecified atom stereocenters. The molecule has 2 fully saturated rings. The van der Waals surface area contributed by atoms with Crippen LogP contribution in [0.1, 0.15) is 46.8 Å². The Morgan fingerprint density at radius 3 is 2.58 bits per heavy atom. The quantitative estimate of drug-likeness (QED) is 0.484. The third-order valence-corrected chi connectivity index (χ3v) is 7.15. The van der Waals surface area contributed by atoms with Gasteiger partial charge in [-0.15, -0.1) is 0 Å². The van der Waals surface area contributed by atoms with Crippen molar-refractivity contribution in [1.29, 1.82) is 0 Å². The highest BCUT2D eigenvalue weighted by Crippen LogP contribution is 2.56. The van der Waals surface area contributed by atoms with E-state index in [2.05, 4.69) is 20.0 Å². The fourth-order valence-corrected chi connectivity index (χ4v) is 5.22. The van der Waals surface area contributed by atoms with Gasteiger partial charge >= 0.3 is 0 Å². The highest BCUT2D eigenvalue weighted by atomic mass is 16.1. The third-order valence-electron chi connectivity index (χ3n) is 7.15. The molecule has 2 saturated carbocycles. The number of hydrogen-bond donors (Lipinski definition) is 2. The molecule has 2 heterocycles. The number of nitrogens with zero attached hydrogens (tertiary/aromatic N) is 4. The van der Waals surface area contributed by atoms with Gasteiger partial charge in [0.05, 0.1) is 11.4 Å². The normalized spacial score (nSPS) is 21.2. The standard InChI is InChI=1S/C26H26N6O/c1-15-4-2-3-5-21(15)26(33)28-13-16-6-8-17(9-7-16)23-22-24(27)29-14-30-25(22)32(31-23)20-11-18-10-19(18)12-20/h2-9,14,18-20H,10-13H2,1H3,(H,28,33)(H2,27,29,30). The van der Waals surface area contributed by atoms with Crippen molar-refractivity contribution in [2.75, 3.05) is 5.73 Å². The Morgan fingerprint density at radius 2 is 1.82 bits per heavy atom. The van der Waals surface area contributed by atoms with Gasteiger partial charge in [-0.3, -0.25) is 4.79 Å². The number of nitrogens with two attached hydrogens (primary N) is 1. The lowest BCUT2D eigenvalue weighted by Crippen LogP contribution is -2.23. The van der Waals surface area contributed by atoms with Crippen LogP contribution in [0.3, 0.4) is 0 Å². The second-order valence-corrected chi connectivity index (χ2v) is 9.33. The first-order valence-electron chi connectivity index (χ1n) is 11.5. The van der Waals surface area contributed by atoms with Crippen LogP contribution in [0.2, 0.25) is 0 Å². The number of anilines is 1. The van der Waals surface area contributed by atoms with Crippen molar-refractivity contribution in [2.45, 2.75) is 38.8 Å². The number of carbonyl (C=O) groups is 1.